The molecule has 3 rings (SSSR count). The number of carbonyl (C=O) groups excluding carboxylic acids is 2. The van der Waals surface area contributed by atoms with Gasteiger partial charge < -0.3 is 9.72 Å². The Labute approximate surface area is 137 Å². The van der Waals surface area contributed by atoms with E-state index < -0.39 is 15.7 Å². The second kappa shape index (κ2) is 5.00. The molecule has 1 heterocycles. The number of para-hydroxylation sites is 1. The van der Waals surface area contributed by atoms with Crippen molar-refractivity contribution in [2.24, 2.45) is 5.41 Å². The number of carbonyl (C=O) groups is 2. The van der Waals surface area contributed by atoms with Crippen LogP contribution in [-0.2, 0) is 9.53 Å². The maximum atomic E-state index is 12.4. The number of esters is 1. The lowest BCUT2D eigenvalue weighted by atomic mass is 10.1. The van der Waals surface area contributed by atoms with Crippen LogP contribution in [0.25, 0.3) is 10.9 Å². The lowest BCUT2D eigenvalue weighted by Gasteiger charge is -2.11. The van der Waals surface area contributed by atoms with Crippen molar-refractivity contribution < 1.29 is 14.3 Å². The van der Waals surface area contributed by atoms with Gasteiger partial charge in [-0.25, -0.2) is 0 Å². The van der Waals surface area contributed by atoms with Crippen LogP contribution in [0.3, 0.4) is 0 Å². The molecule has 1 aliphatic rings. The van der Waals surface area contributed by atoms with Crippen molar-refractivity contribution in [3.05, 3.63) is 35.5 Å². The van der Waals surface area contributed by atoms with Crippen molar-refractivity contribution in [2.75, 3.05) is 6.61 Å². The minimum atomic E-state index is -1.09. The van der Waals surface area contributed by atoms with Crippen LogP contribution in [0.1, 0.15) is 29.4 Å². The number of Topliss-reactive ketones (excluding diaryl/α,β-unsaturated/α-hetero) is 1. The fourth-order valence-corrected chi connectivity index (χ4v) is 3.31. The standard InChI is InChI=1S/C16H15Cl2NO3/c1-9-13(10-5-3-4-6-11(10)19-9)12(20)7-22-14(21)15(2)8-16(15,17)18/h3-6,19H,7-8H2,1-2H3. The van der Waals surface area contributed by atoms with Gasteiger partial charge in [-0.05, 0) is 19.9 Å². The molecular weight excluding hydrogens is 325 g/mol. The molecule has 0 amide bonds. The molecule has 0 spiro atoms. The van der Waals surface area contributed by atoms with E-state index in [9.17, 15) is 9.59 Å². The Balaban J connectivity index is 1.75. The maximum absolute atomic E-state index is 12.4. The first-order chi connectivity index (χ1) is 10.3. The molecule has 1 aliphatic carbocycles. The molecule has 0 bridgehead atoms. The molecular formula is C16H15Cl2NO3. The van der Waals surface area contributed by atoms with Gasteiger partial charge in [-0.2, -0.15) is 0 Å². The molecule has 116 valence electrons. The molecule has 6 heteroatoms. The molecule has 1 aromatic heterocycles. The number of aromatic amines is 1. The largest absolute Gasteiger partial charge is 0.457 e. The smallest absolute Gasteiger partial charge is 0.315 e. The number of hydrogen-bond acceptors (Lipinski definition) is 3. The van der Waals surface area contributed by atoms with Crippen LogP contribution in [0.2, 0.25) is 0 Å². The van der Waals surface area contributed by atoms with Crippen LogP contribution < -0.4 is 0 Å². The zero-order chi connectivity index (χ0) is 16.1. The van der Waals surface area contributed by atoms with Gasteiger partial charge in [-0.3, -0.25) is 9.59 Å². The minimum Gasteiger partial charge on any atom is -0.457 e. The zero-order valence-corrected chi connectivity index (χ0v) is 13.7. The molecule has 0 radical (unpaired) electrons. The van der Waals surface area contributed by atoms with E-state index in [0.29, 0.717) is 12.0 Å². The number of aryl methyl sites for hydroxylation is 1. The quantitative estimate of drug-likeness (QED) is 0.523. The van der Waals surface area contributed by atoms with E-state index in [4.69, 9.17) is 27.9 Å². The molecule has 1 fully saturated rings. The van der Waals surface area contributed by atoms with Crippen molar-refractivity contribution in [2.45, 2.75) is 24.6 Å². The number of aromatic nitrogens is 1. The number of fused-ring (bicyclic) bond motifs is 1. The molecule has 4 nitrogen and oxygen atoms in total. The summed E-state index contributed by atoms with van der Waals surface area (Å²) in [5, 5.41) is 0.822. The van der Waals surface area contributed by atoms with Gasteiger partial charge in [0.2, 0.25) is 5.78 Å². The fourth-order valence-electron chi connectivity index (χ4n) is 2.62. The summed E-state index contributed by atoms with van der Waals surface area (Å²) in [7, 11) is 0. The predicted molar refractivity (Wildman–Crippen MR) is 85.5 cm³/mol. The van der Waals surface area contributed by atoms with Gasteiger partial charge >= 0.3 is 5.97 Å². The van der Waals surface area contributed by atoms with E-state index in [-0.39, 0.29) is 12.4 Å². The van der Waals surface area contributed by atoms with Crippen molar-refractivity contribution in [1.82, 2.24) is 4.98 Å². The Morgan fingerprint density at radius 3 is 2.59 bits per heavy atom. The lowest BCUT2D eigenvalue weighted by molar-refractivity contribution is -0.148. The van der Waals surface area contributed by atoms with Crippen LogP contribution in [0, 0.1) is 12.3 Å². The number of alkyl halides is 2. The van der Waals surface area contributed by atoms with Gasteiger partial charge in [-0.1, -0.05) is 18.2 Å². The highest BCUT2D eigenvalue weighted by atomic mass is 35.5. The summed E-state index contributed by atoms with van der Waals surface area (Å²) in [4.78, 5) is 27.6. The van der Waals surface area contributed by atoms with Crippen molar-refractivity contribution in [1.29, 1.82) is 0 Å². The van der Waals surface area contributed by atoms with E-state index in [1.54, 1.807) is 6.92 Å². The first kappa shape index (κ1) is 15.4. The molecule has 1 saturated carbocycles. The fraction of sp³-hybridized carbons (Fsp3) is 0.375. The first-order valence-electron chi connectivity index (χ1n) is 6.92. The number of ether oxygens (including phenoxy) is 1. The van der Waals surface area contributed by atoms with Gasteiger partial charge in [0.15, 0.2) is 6.61 Å². The van der Waals surface area contributed by atoms with Crippen molar-refractivity contribution in [3.8, 4) is 0 Å². The summed E-state index contributed by atoms with van der Waals surface area (Å²) in [5.41, 5.74) is 1.26. The first-order valence-corrected chi connectivity index (χ1v) is 7.67. The van der Waals surface area contributed by atoms with Gasteiger partial charge in [-0.15, -0.1) is 23.2 Å². The Kier molecular flexibility index (Phi) is 3.49. The van der Waals surface area contributed by atoms with Crippen molar-refractivity contribution >= 4 is 45.9 Å². The average molecular weight is 340 g/mol. The number of benzene rings is 1. The molecule has 0 saturated heterocycles. The third kappa shape index (κ3) is 2.31. The summed E-state index contributed by atoms with van der Waals surface area (Å²) in [6, 6.07) is 7.50. The summed E-state index contributed by atoms with van der Waals surface area (Å²) in [5.74, 6) is -0.786. The predicted octanol–water partition coefficient (Wildman–Crippen LogP) is 3.79. The maximum Gasteiger partial charge on any atom is 0.315 e. The van der Waals surface area contributed by atoms with Gasteiger partial charge in [0, 0.05) is 28.6 Å². The summed E-state index contributed by atoms with van der Waals surface area (Å²) < 4.78 is 4.03. The highest BCUT2D eigenvalue weighted by molar-refractivity contribution is 6.53. The number of rotatable bonds is 4. The Bertz CT molecular complexity index is 781. The third-order valence-electron chi connectivity index (χ3n) is 4.22. The minimum absolute atomic E-state index is 0.248. The molecule has 0 aliphatic heterocycles. The Hall–Kier alpha value is -1.52. The van der Waals surface area contributed by atoms with Crippen LogP contribution in [0.4, 0.5) is 0 Å². The highest BCUT2D eigenvalue weighted by Crippen LogP contribution is 2.64. The third-order valence-corrected chi connectivity index (χ3v) is 5.32. The molecule has 1 N–H and O–H groups in total. The lowest BCUT2D eigenvalue weighted by Crippen LogP contribution is -2.24. The van der Waals surface area contributed by atoms with Gasteiger partial charge in [0.1, 0.15) is 9.75 Å². The summed E-state index contributed by atoms with van der Waals surface area (Å²) >= 11 is 11.9. The van der Waals surface area contributed by atoms with Gasteiger partial charge in [0.05, 0.1) is 0 Å². The van der Waals surface area contributed by atoms with Crippen LogP contribution in [0.5, 0.6) is 0 Å². The topological polar surface area (TPSA) is 59.2 Å². The molecule has 1 atom stereocenters. The number of nitrogens with one attached hydrogen (secondary N) is 1. The number of halogens is 2. The normalized spacial score (nSPS) is 22.5. The van der Waals surface area contributed by atoms with E-state index in [0.717, 1.165) is 16.6 Å². The summed E-state index contributed by atoms with van der Waals surface area (Å²) in [6.45, 7) is 3.14. The second-order valence-electron chi connectivity index (χ2n) is 5.88. The van der Waals surface area contributed by atoms with Crippen LogP contribution >= 0.6 is 23.2 Å². The van der Waals surface area contributed by atoms with Crippen molar-refractivity contribution in [3.63, 3.8) is 0 Å². The van der Waals surface area contributed by atoms with E-state index in [1.807, 2.05) is 31.2 Å². The highest BCUT2D eigenvalue weighted by Gasteiger charge is 2.69. The number of H-pyrrole nitrogens is 1. The van der Waals surface area contributed by atoms with Crippen LogP contribution in [0.15, 0.2) is 24.3 Å². The molecule has 1 unspecified atom stereocenters. The Morgan fingerprint density at radius 2 is 1.95 bits per heavy atom. The molecule has 2 aromatic rings. The number of ketones is 1. The summed E-state index contributed by atoms with van der Waals surface area (Å²) in [6.07, 6.45) is 0.336. The average Bonchev–Trinajstić information content (AvgIpc) is 2.82. The number of hydrogen-bond donors (Lipinski definition) is 1. The van der Waals surface area contributed by atoms with Crippen LogP contribution in [-0.4, -0.2) is 27.7 Å². The monoisotopic (exact) mass is 339 g/mol. The Morgan fingerprint density at radius 1 is 1.32 bits per heavy atom. The molecule has 22 heavy (non-hydrogen) atoms. The van der Waals surface area contributed by atoms with E-state index in [1.165, 1.54) is 0 Å². The second-order valence-corrected chi connectivity index (χ2v) is 7.37. The van der Waals surface area contributed by atoms with E-state index >= 15 is 0 Å². The van der Waals surface area contributed by atoms with Gasteiger partial charge in [0.25, 0.3) is 0 Å². The SMILES string of the molecule is Cc1[nH]c2ccccc2c1C(=O)COC(=O)C1(C)CC1(Cl)Cl. The zero-order valence-electron chi connectivity index (χ0n) is 12.2. The molecule has 1 aromatic carbocycles. The van der Waals surface area contributed by atoms with E-state index in [2.05, 4.69) is 4.98 Å².